The van der Waals surface area contributed by atoms with E-state index in [9.17, 15) is 0 Å². The first kappa shape index (κ1) is 14.3. The Morgan fingerprint density at radius 1 is 1.25 bits per heavy atom. The lowest BCUT2D eigenvalue weighted by Gasteiger charge is -2.52. The Morgan fingerprint density at radius 2 is 1.81 bits per heavy atom. The molecule has 0 spiro atoms. The van der Waals surface area contributed by atoms with Crippen LogP contribution in [0.5, 0.6) is 0 Å². The summed E-state index contributed by atoms with van der Waals surface area (Å²) in [4.78, 5) is 0. The smallest absolute Gasteiger partial charge is 0.0659 e. The molecule has 1 nitrogen and oxygen atoms in total. The third kappa shape index (κ3) is 2.92. The maximum atomic E-state index is 6.36. The lowest BCUT2D eigenvalue weighted by molar-refractivity contribution is -0.116. The fourth-order valence-electron chi connectivity index (χ4n) is 2.59. The second-order valence-corrected chi connectivity index (χ2v) is 6.84. The zero-order valence-electron chi connectivity index (χ0n) is 11.5. The molecule has 1 aliphatic rings. The van der Waals surface area contributed by atoms with Crippen molar-refractivity contribution in [3.8, 4) is 0 Å². The minimum atomic E-state index is 0.249. The fourth-order valence-corrected chi connectivity index (χ4v) is 3.20. The molecule has 0 aromatic heterocycles. The molecule has 1 rings (SSSR count). The van der Waals surface area contributed by atoms with E-state index >= 15 is 0 Å². The molecule has 2 unspecified atom stereocenters. The first-order valence-corrected chi connectivity index (χ1v) is 7.05. The molecule has 0 radical (unpaired) electrons. The highest BCUT2D eigenvalue weighted by molar-refractivity contribution is 6.21. The van der Waals surface area contributed by atoms with Crippen LogP contribution in [0.3, 0.4) is 0 Å². The number of hydrogen-bond acceptors (Lipinski definition) is 1. The maximum absolute atomic E-state index is 6.36. The summed E-state index contributed by atoms with van der Waals surface area (Å²) in [5, 5.41) is 0.321. The maximum Gasteiger partial charge on any atom is 0.0659 e. The summed E-state index contributed by atoms with van der Waals surface area (Å²) < 4.78 is 6.04. The third-order valence-electron chi connectivity index (χ3n) is 4.17. The van der Waals surface area contributed by atoms with Crippen LogP contribution in [0.2, 0.25) is 0 Å². The molecule has 0 amide bonds. The van der Waals surface area contributed by atoms with Gasteiger partial charge < -0.3 is 4.74 Å². The van der Waals surface area contributed by atoms with Gasteiger partial charge in [0.05, 0.1) is 6.10 Å². The van der Waals surface area contributed by atoms with E-state index in [-0.39, 0.29) is 5.41 Å². The molecule has 0 N–H and O–H groups in total. The molecule has 2 heteroatoms. The lowest BCUT2D eigenvalue weighted by atomic mass is 9.62. The minimum absolute atomic E-state index is 0.249. The first-order chi connectivity index (χ1) is 7.35. The summed E-state index contributed by atoms with van der Waals surface area (Å²) in [5.41, 5.74) is 0.616. The van der Waals surface area contributed by atoms with Gasteiger partial charge in [0.1, 0.15) is 0 Å². The molecule has 1 aliphatic carbocycles. The minimum Gasteiger partial charge on any atom is -0.378 e. The number of hydrogen-bond donors (Lipinski definition) is 0. The van der Waals surface area contributed by atoms with Gasteiger partial charge in [-0.15, -0.1) is 11.6 Å². The number of ether oxygens (including phenoxy) is 1. The Morgan fingerprint density at radius 3 is 2.19 bits per heavy atom. The Balaban J connectivity index is 2.39. The van der Waals surface area contributed by atoms with E-state index in [1.54, 1.807) is 0 Å². The predicted molar refractivity (Wildman–Crippen MR) is 71.1 cm³/mol. The summed E-state index contributed by atoms with van der Waals surface area (Å²) in [6, 6.07) is 0. The first-order valence-electron chi connectivity index (χ1n) is 6.61. The van der Waals surface area contributed by atoms with Crippen molar-refractivity contribution in [2.45, 2.75) is 71.8 Å². The van der Waals surface area contributed by atoms with Gasteiger partial charge in [0.25, 0.3) is 0 Å². The molecule has 0 bridgehead atoms. The second kappa shape index (κ2) is 5.27. The van der Waals surface area contributed by atoms with Crippen LogP contribution in [0.25, 0.3) is 0 Å². The highest BCUT2D eigenvalue weighted by Crippen LogP contribution is 2.51. The molecular weight excluding hydrogens is 220 g/mol. The van der Waals surface area contributed by atoms with Crippen molar-refractivity contribution in [2.24, 2.45) is 10.8 Å². The van der Waals surface area contributed by atoms with E-state index in [4.69, 9.17) is 16.3 Å². The normalized spacial score (nSPS) is 28.9. The van der Waals surface area contributed by atoms with Gasteiger partial charge in [-0.25, -0.2) is 0 Å². The Bertz CT molecular complexity index is 215. The Hall–Kier alpha value is 0.250. The molecule has 1 saturated carbocycles. The number of halogens is 1. The quantitative estimate of drug-likeness (QED) is 0.643. The van der Waals surface area contributed by atoms with Crippen molar-refractivity contribution in [3.05, 3.63) is 0 Å². The van der Waals surface area contributed by atoms with E-state index in [1.165, 1.54) is 0 Å². The van der Waals surface area contributed by atoms with E-state index in [1.807, 2.05) is 0 Å². The molecule has 0 heterocycles. The van der Waals surface area contributed by atoms with Gasteiger partial charge in [0.2, 0.25) is 0 Å². The fraction of sp³-hybridized carbons (Fsp3) is 1.00. The van der Waals surface area contributed by atoms with E-state index < -0.39 is 0 Å². The summed E-state index contributed by atoms with van der Waals surface area (Å²) in [5.74, 6) is 0. The van der Waals surface area contributed by atoms with Crippen molar-refractivity contribution in [1.29, 1.82) is 0 Å². The van der Waals surface area contributed by atoms with Gasteiger partial charge in [-0.2, -0.15) is 0 Å². The standard InChI is InChI=1S/C14H27ClO/c1-6-14(7-2)11(15)10-12(14)16-9-8-13(3,4)5/h11-12H,6-10H2,1-5H3. The van der Waals surface area contributed by atoms with Crippen molar-refractivity contribution in [2.75, 3.05) is 6.61 Å². The van der Waals surface area contributed by atoms with E-state index in [2.05, 4.69) is 34.6 Å². The van der Waals surface area contributed by atoms with Crippen LogP contribution in [-0.2, 0) is 4.74 Å². The number of alkyl halides is 1. The zero-order chi connectivity index (χ0) is 12.4. The van der Waals surface area contributed by atoms with Crippen LogP contribution in [0.15, 0.2) is 0 Å². The van der Waals surface area contributed by atoms with Crippen molar-refractivity contribution in [3.63, 3.8) is 0 Å². The van der Waals surface area contributed by atoms with Crippen LogP contribution in [0.1, 0.15) is 60.3 Å². The summed E-state index contributed by atoms with van der Waals surface area (Å²) >= 11 is 6.36. The number of rotatable bonds is 5. The van der Waals surface area contributed by atoms with E-state index in [0.29, 0.717) is 16.9 Å². The largest absolute Gasteiger partial charge is 0.378 e. The molecule has 96 valence electrons. The predicted octanol–water partition coefficient (Wildman–Crippen LogP) is 4.63. The lowest BCUT2D eigenvalue weighted by Crippen LogP contribution is -2.55. The van der Waals surface area contributed by atoms with Gasteiger partial charge in [0, 0.05) is 17.4 Å². The molecule has 2 atom stereocenters. The van der Waals surface area contributed by atoms with Gasteiger partial charge >= 0.3 is 0 Å². The van der Waals surface area contributed by atoms with Crippen molar-refractivity contribution in [1.82, 2.24) is 0 Å². The second-order valence-electron chi connectivity index (χ2n) is 6.31. The highest BCUT2D eigenvalue weighted by Gasteiger charge is 2.52. The Kier molecular flexibility index (Phi) is 4.71. The van der Waals surface area contributed by atoms with Crippen molar-refractivity contribution >= 4 is 11.6 Å². The monoisotopic (exact) mass is 246 g/mol. The zero-order valence-corrected chi connectivity index (χ0v) is 12.2. The van der Waals surface area contributed by atoms with Gasteiger partial charge in [-0.05, 0) is 31.1 Å². The molecular formula is C14H27ClO. The van der Waals surface area contributed by atoms with E-state index in [0.717, 1.165) is 32.3 Å². The average Bonchev–Trinajstić information content (AvgIpc) is 2.17. The molecule has 0 saturated heterocycles. The van der Waals surface area contributed by atoms with Gasteiger partial charge in [0.15, 0.2) is 0 Å². The van der Waals surface area contributed by atoms with Crippen LogP contribution < -0.4 is 0 Å². The SMILES string of the molecule is CCC1(CC)C(Cl)CC1OCCC(C)(C)C. The van der Waals surface area contributed by atoms with Crippen LogP contribution in [0, 0.1) is 10.8 Å². The summed E-state index contributed by atoms with van der Waals surface area (Å²) in [6.45, 7) is 12.1. The van der Waals surface area contributed by atoms with Gasteiger partial charge in [-0.1, -0.05) is 34.6 Å². The topological polar surface area (TPSA) is 9.23 Å². The average molecular weight is 247 g/mol. The van der Waals surface area contributed by atoms with Crippen molar-refractivity contribution < 1.29 is 4.74 Å². The molecule has 1 fully saturated rings. The van der Waals surface area contributed by atoms with Gasteiger partial charge in [-0.3, -0.25) is 0 Å². The highest BCUT2D eigenvalue weighted by atomic mass is 35.5. The third-order valence-corrected chi connectivity index (χ3v) is 4.79. The van der Waals surface area contributed by atoms with Crippen LogP contribution in [0.4, 0.5) is 0 Å². The van der Waals surface area contributed by atoms with Crippen LogP contribution >= 0.6 is 11.6 Å². The molecule has 0 aromatic rings. The van der Waals surface area contributed by atoms with Crippen LogP contribution in [-0.4, -0.2) is 18.1 Å². The summed E-state index contributed by atoms with van der Waals surface area (Å²) in [7, 11) is 0. The molecule has 16 heavy (non-hydrogen) atoms. The Labute approximate surface area is 106 Å². The summed E-state index contributed by atoms with van der Waals surface area (Å²) in [6.07, 6.45) is 4.83. The molecule has 0 aromatic carbocycles. The molecule has 0 aliphatic heterocycles.